The van der Waals surface area contributed by atoms with Gasteiger partial charge in [-0.2, -0.15) is 0 Å². The third-order valence-corrected chi connectivity index (χ3v) is 2.93. The molecule has 17 heavy (non-hydrogen) atoms. The molecule has 0 saturated carbocycles. The number of carbonyl (C=O) groups is 2. The molecule has 1 rings (SSSR count). The zero-order valence-electron chi connectivity index (χ0n) is 9.77. The average Bonchev–Trinajstić information content (AvgIpc) is 2.30. The molecule has 1 aromatic heterocycles. The maximum atomic E-state index is 11.6. The first kappa shape index (κ1) is 13.5. The minimum atomic E-state index is -0.467. The van der Waals surface area contributed by atoms with Crippen LogP contribution in [0.1, 0.15) is 13.8 Å². The van der Waals surface area contributed by atoms with Crippen LogP contribution in [0.15, 0.2) is 29.4 Å². The maximum absolute atomic E-state index is 11.6. The van der Waals surface area contributed by atoms with E-state index < -0.39 is 6.03 Å². The molecule has 1 heterocycles. The molecule has 0 saturated heterocycles. The number of urea groups is 1. The molecule has 0 aliphatic heterocycles. The van der Waals surface area contributed by atoms with Crippen LogP contribution in [0.3, 0.4) is 0 Å². The summed E-state index contributed by atoms with van der Waals surface area (Å²) in [5.41, 5.74) is 0. The third-order valence-electron chi connectivity index (χ3n) is 1.88. The van der Waals surface area contributed by atoms with Gasteiger partial charge in [-0.25, -0.2) is 9.78 Å². The maximum Gasteiger partial charge on any atom is 0.321 e. The number of aromatic nitrogens is 1. The lowest BCUT2D eigenvalue weighted by molar-refractivity contribution is -0.119. The first-order chi connectivity index (χ1) is 8.13. The van der Waals surface area contributed by atoms with Crippen molar-refractivity contribution in [2.75, 3.05) is 6.54 Å². The minimum absolute atomic E-state index is 0.327. The Morgan fingerprint density at radius 2 is 2.24 bits per heavy atom. The van der Waals surface area contributed by atoms with Crippen LogP contribution in [-0.4, -0.2) is 28.7 Å². The van der Waals surface area contributed by atoms with E-state index in [4.69, 9.17) is 0 Å². The Bertz CT molecular complexity index is 384. The largest absolute Gasteiger partial charge is 0.338 e. The van der Waals surface area contributed by atoms with Crippen molar-refractivity contribution in [3.63, 3.8) is 0 Å². The topological polar surface area (TPSA) is 71.1 Å². The van der Waals surface area contributed by atoms with Gasteiger partial charge in [0.2, 0.25) is 5.91 Å². The van der Waals surface area contributed by atoms with E-state index in [0.717, 1.165) is 5.03 Å². The van der Waals surface area contributed by atoms with Gasteiger partial charge in [0.05, 0.1) is 10.3 Å². The molecule has 92 valence electrons. The lowest BCUT2D eigenvalue weighted by Crippen LogP contribution is -2.42. The Morgan fingerprint density at radius 1 is 1.47 bits per heavy atom. The van der Waals surface area contributed by atoms with E-state index in [1.54, 1.807) is 20.0 Å². The number of nitrogens with zero attached hydrogens (tertiary/aromatic N) is 1. The Kier molecular flexibility index (Phi) is 5.48. The van der Waals surface area contributed by atoms with Crippen LogP contribution in [0.2, 0.25) is 0 Å². The molecule has 1 atom stereocenters. The fourth-order valence-corrected chi connectivity index (χ4v) is 1.88. The number of thioether (sulfide) groups is 1. The van der Waals surface area contributed by atoms with Crippen molar-refractivity contribution in [3.05, 3.63) is 24.4 Å². The van der Waals surface area contributed by atoms with E-state index >= 15 is 0 Å². The number of carbonyl (C=O) groups excluding carboxylic acids is 2. The van der Waals surface area contributed by atoms with Gasteiger partial charge >= 0.3 is 6.03 Å². The van der Waals surface area contributed by atoms with E-state index in [1.165, 1.54) is 11.8 Å². The molecule has 1 unspecified atom stereocenters. The van der Waals surface area contributed by atoms with Crippen molar-refractivity contribution in [2.24, 2.45) is 0 Å². The molecular weight excluding hydrogens is 238 g/mol. The molecule has 1 aromatic rings. The van der Waals surface area contributed by atoms with Gasteiger partial charge in [0.25, 0.3) is 0 Å². The van der Waals surface area contributed by atoms with E-state index in [9.17, 15) is 9.59 Å². The van der Waals surface area contributed by atoms with Crippen LogP contribution in [0, 0.1) is 0 Å². The van der Waals surface area contributed by atoms with Crippen LogP contribution in [0.4, 0.5) is 4.79 Å². The first-order valence-corrected chi connectivity index (χ1v) is 6.17. The zero-order chi connectivity index (χ0) is 12.7. The van der Waals surface area contributed by atoms with Gasteiger partial charge in [-0.3, -0.25) is 10.1 Å². The summed E-state index contributed by atoms with van der Waals surface area (Å²) >= 11 is 1.31. The lowest BCUT2D eigenvalue weighted by atomic mass is 10.4. The highest BCUT2D eigenvalue weighted by atomic mass is 32.2. The second kappa shape index (κ2) is 6.90. The Balaban J connectivity index is 2.45. The SMILES string of the molecule is CCNC(=O)NC(=O)C(C)Sc1ccccn1. The molecule has 0 spiro atoms. The smallest absolute Gasteiger partial charge is 0.321 e. The summed E-state index contributed by atoms with van der Waals surface area (Å²) < 4.78 is 0. The number of nitrogens with one attached hydrogen (secondary N) is 2. The summed E-state index contributed by atoms with van der Waals surface area (Å²) in [6, 6.07) is 5.01. The molecule has 0 aliphatic carbocycles. The van der Waals surface area contributed by atoms with Crippen LogP contribution in [0.5, 0.6) is 0 Å². The highest BCUT2D eigenvalue weighted by Gasteiger charge is 2.16. The standard InChI is InChI=1S/C11H15N3O2S/c1-3-12-11(16)14-10(15)8(2)17-9-6-4-5-7-13-9/h4-8H,3H2,1-2H3,(H2,12,14,15,16). The van der Waals surface area contributed by atoms with Crippen molar-refractivity contribution in [1.82, 2.24) is 15.6 Å². The third kappa shape index (κ3) is 4.86. The normalized spacial score (nSPS) is 11.6. The Morgan fingerprint density at radius 3 is 2.82 bits per heavy atom. The predicted octanol–water partition coefficient (Wildman–Crippen LogP) is 1.41. The average molecular weight is 253 g/mol. The van der Waals surface area contributed by atoms with Crippen molar-refractivity contribution in [1.29, 1.82) is 0 Å². The van der Waals surface area contributed by atoms with E-state index in [-0.39, 0.29) is 11.2 Å². The van der Waals surface area contributed by atoms with Gasteiger partial charge in [-0.1, -0.05) is 17.8 Å². The second-order valence-electron chi connectivity index (χ2n) is 3.28. The monoisotopic (exact) mass is 253 g/mol. The van der Waals surface area contributed by atoms with Crippen LogP contribution < -0.4 is 10.6 Å². The number of pyridine rings is 1. The van der Waals surface area contributed by atoms with Gasteiger partial charge in [-0.15, -0.1) is 0 Å². The highest BCUT2D eigenvalue weighted by molar-refractivity contribution is 8.00. The number of hydrogen-bond acceptors (Lipinski definition) is 4. The summed E-state index contributed by atoms with van der Waals surface area (Å²) in [6.07, 6.45) is 1.66. The summed E-state index contributed by atoms with van der Waals surface area (Å²) in [4.78, 5) is 26.9. The van der Waals surface area contributed by atoms with E-state index in [0.29, 0.717) is 6.54 Å². The zero-order valence-corrected chi connectivity index (χ0v) is 10.6. The van der Waals surface area contributed by atoms with Gasteiger partial charge in [0, 0.05) is 12.7 Å². The summed E-state index contributed by atoms with van der Waals surface area (Å²) in [7, 11) is 0. The Labute approximate surface area is 104 Å². The second-order valence-corrected chi connectivity index (χ2v) is 4.64. The minimum Gasteiger partial charge on any atom is -0.338 e. The molecule has 0 fully saturated rings. The molecule has 0 aliphatic rings. The van der Waals surface area contributed by atoms with Crippen molar-refractivity contribution in [2.45, 2.75) is 24.1 Å². The summed E-state index contributed by atoms with van der Waals surface area (Å²) in [6.45, 7) is 4.00. The molecule has 0 bridgehead atoms. The van der Waals surface area contributed by atoms with Crippen LogP contribution in [-0.2, 0) is 4.79 Å². The molecule has 5 nitrogen and oxygen atoms in total. The Hall–Kier alpha value is -1.56. The van der Waals surface area contributed by atoms with E-state index in [1.807, 2.05) is 18.2 Å². The van der Waals surface area contributed by atoms with Crippen LogP contribution in [0.25, 0.3) is 0 Å². The number of rotatable bonds is 4. The molecule has 3 amide bonds. The van der Waals surface area contributed by atoms with Crippen molar-refractivity contribution >= 4 is 23.7 Å². The summed E-state index contributed by atoms with van der Waals surface area (Å²) in [5, 5.41) is 5.15. The fourth-order valence-electron chi connectivity index (χ4n) is 1.07. The van der Waals surface area contributed by atoms with Crippen molar-refractivity contribution < 1.29 is 9.59 Å². The predicted molar refractivity (Wildman–Crippen MR) is 66.8 cm³/mol. The lowest BCUT2D eigenvalue weighted by Gasteiger charge is -2.10. The highest BCUT2D eigenvalue weighted by Crippen LogP contribution is 2.20. The summed E-state index contributed by atoms with van der Waals surface area (Å²) in [5.74, 6) is -0.327. The molecular formula is C11H15N3O2S. The van der Waals surface area contributed by atoms with Gasteiger partial charge in [0.15, 0.2) is 0 Å². The number of imide groups is 1. The fraction of sp³-hybridized carbons (Fsp3) is 0.364. The van der Waals surface area contributed by atoms with Crippen LogP contribution >= 0.6 is 11.8 Å². The number of hydrogen-bond donors (Lipinski definition) is 2. The molecule has 0 aromatic carbocycles. The molecule has 2 N–H and O–H groups in total. The first-order valence-electron chi connectivity index (χ1n) is 5.30. The van der Waals surface area contributed by atoms with Crippen molar-refractivity contribution in [3.8, 4) is 0 Å². The van der Waals surface area contributed by atoms with Gasteiger partial charge in [-0.05, 0) is 26.0 Å². The van der Waals surface area contributed by atoms with Gasteiger partial charge in [0.1, 0.15) is 0 Å². The molecule has 0 radical (unpaired) electrons. The quantitative estimate of drug-likeness (QED) is 0.796. The number of amides is 3. The van der Waals surface area contributed by atoms with E-state index in [2.05, 4.69) is 15.6 Å². The molecule has 6 heteroatoms. The van der Waals surface area contributed by atoms with Gasteiger partial charge < -0.3 is 5.32 Å².